The van der Waals surface area contributed by atoms with E-state index in [9.17, 15) is 9.59 Å². The fraction of sp³-hybridized carbons (Fsp3) is 0.429. The maximum Gasteiger partial charge on any atom is 0.263 e. The summed E-state index contributed by atoms with van der Waals surface area (Å²) in [4.78, 5) is 27.6. The van der Waals surface area contributed by atoms with Crippen LogP contribution in [0.25, 0.3) is 0 Å². The molecule has 5 heteroatoms. The topological polar surface area (TPSA) is 49.4 Å². The van der Waals surface area contributed by atoms with Crippen LogP contribution in [0.15, 0.2) is 47.8 Å². The van der Waals surface area contributed by atoms with Crippen LogP contribution >= 0.6 is 11.3 Å². The molecule has 1 saturated heterocycles. The highest BCUT2D eigenvalue weighted by Gasteiger charge is 2.28. The van der Waals surface area contributed by atoms with Crippen molar-refractivity contribution in [2.45, 2.75) is 32.1 Å². The molecule has 1 aromatic carbocycles. The maximum absolute atomic E-state index is 12.5. The lowest BCUT2D eigenvalue weighted by molar-refractivity contribution is -0.126. The van der Waals surface area contributed by atoms with Gasteiger partial charge in [-0.1, -0.05) is 43.3 Å². The highest BCUT2D eigenvalue weighted by Crippen LogP contribution is 2.22. The van der Waals surface area contributed by atoms with Crippen LogP contribution in [0.5, 0.6) is 0 Å². The summed E-state index contributed by atoms with van der Waals surface area (Å²) in [7, 11) is 0. The molecular formula is C21H26N2O2S. The van der Waals surface area contributed by atoms with Gasteiger partial charge in [0.1, 0.15) is 0 Å². The molecule has 1 unspecified atom stereocenters. The van der Waals surface area contributed by atoms with E-state index in [0.29, 0.717) is 25.6 Å². The van der Waals surface area contributed by atoms with E-state index in [1.54, 1.807) is 0 Å². The number of likely N-dealkylation sites (tertiary alicyclic amines) is 1. The standard InChI is InChI=1S/C21H26N2O2S/c1-2-16(17-7-4-3-5-8-17)15-22-20(24)18-10-12-23(13-11-18)21(25)19-9-6-14-26-19/h3-9,14,16,18H,2,10-13,15H2,1H3,(H,22,24). The Labute approximate surface area is 159 Å². The summed E-state index contributed by atoms with van der Waals surface area (Å²) >= 11 is 1.47. The third-order valence-electron chi connectivity index (χ3n) is 5.17. The lowest BCUT2D eigenvalue weighted by atomic mass is 9.94. The molecule has 1 fully saturated rings. The van der Waals surface area contributed by atoms with Crippen molar-refractivity contribution < 1.29 is 9.59 Å². The predicted molar refractivity (Wildman–Crippen MR) is 105 cm³/mol. The van der Waals surface area contributed by atoms with E-state index >= 15 is 0 Å². The van der Waals surface area contributed by atoms with Gasteiger partial charge >= 0.3 is 0 Å². The first-order valence-electron chi connectivity index (χ1n) is 9.34. The Hall–Kier alpha value is -2.14. The molecular weight excluding hydrogens is 344 g/mol. The molecule has 4 nitrogen and oxygen atoms in total. The van der Waals surface area contributed by atoms with E-state index in [4.69, 9.17) is 0 Å². The highest BCUT2D eigenvalue weighted by atomic mass is 32.1. The molecule has 3 rings (SSSR count). The molecule has 2 heterocycles. The predicted octanol–water partition coefficient (Wildman–Crippen LogP) is 3.91. The van der Waals surface area contributed by atoms with Gasteiger partial charge in [-0.05, 0) is 36.3 Å². The number of piperidine rings is 1. The van der Waals surface area contributed by atoms with E-state index in [-0.39, 0.29) is 17.7 Å². The molecule has 0 aliphatic carbocycles. The van der Waals surface area contributed by atoms with Crippen molar-refractivity contribution >= 4 is 23.2 Å². The quantitative estimate of drug-likeness (QED) is 0.838. The largest absolute Gasteiger partial charge is 0.355 e. The normalized spacial score (nSPS) is 16.3. The van der Waals surface area contributed by atoms with Crippen molar-refractivity contribution in [3.8, 4) is 0 Å². The summed E-state index contributed by atoms with van der Waals surface area (Å²) in [6.45, 7) is 4.14. The summed E-state index contributed by atoms with van der Waals surface area (Å²) in [5.74, 6) is 0.577. The second kappa shape index (κ2) is 8.99. The molecule has 0 saturated carbocycles. The molecule has 0 bridgehead atoms. The molecule has 1 aromatic heterocycles. The number of amides is 2. The number of hydrogen-bond donors (Lipinski definition) is 1. The zero-order valence-corrected chi connectivity index (χ0v) is 16.0. The SMILES string of the molecule is CCC(CNC(=O)C1CCN(C(=O)c2cccs2)CC1)c1ccccc1. The van der Waals surface area contributed by atoms with E-state index in [0.717, 1.165) is 24.1 Å². The minimum absolute atomic E-state index is 0.00988. The van der Waals surface area contributed by atoms with Gasteiger partial charge < -0.3 is 10.2 Å². The van der Waals surface area contributed by atoms with Crippen LogP contribution in [0, 0.1) is 5.92 Å². The van der Waals surface area contributed by atoms with Gasteiger partial charge in [0.25, 0.3) is 5.91 Å². The smallest absolute Gasteiger partial charge is 0.263 e. The van der Waals surface area contributed by atoms with Crippen LogP contribution in [0.4, 0.5) is 0 Å². The van der Waals surface area contributed by atoms with Gasteiger partial charge in [0, 0.05) is 31.5 Å². The molecule has 1 aliphatic rings. The summed E-state index contributed by atoms with van der Waals surface area (Å²) in [6.07, 6.45) is 2.48. The van der Waals surface area contributed by atoms with Gasteiger partial charge in [0.05, 0.1) is 4.88 Å². The molecule has 0 radical (unpaired) electrons. The fourth-order valence-electron chi connectivity index (χ4n) is 3.49. The van der Waals surface area contributed by atoms with Crippen molar-refractivity contribution in [3.63, 3.8) is 0 Å². The first kappa shape index (κ1) is 18.6. The lowest BCUT2D eigenvalue weighted by Gasteiger charge is -2.31. The second-order valence-corrected chi connectivity index (χ2v) is 7.75. The molecule has 138 valence electrons. The Balaban J connectivity index is 1.47. The minimum Gasteiger partial charge on any atom is -0.355 e. The zero-order chi connectivity index (χ0) is 18.4. The number of nitrogens with zero attached hydrogens (tertiary/aromatic N) is 1. The molecule has 26 heavy (non-hydrogen) atoms. The zero-order valence-electron chi connectivity index (χ0n) is 15.2. The van der Waals surface area contributed by atoms with E-state index in [2.05, 4.69) is 24.4 Å². The van der Waals surface area contributed by atoms with Gasteiger partial charge in [0.15, 0.2) is 0 Å². The number of thiophene rings is 1. The average molecular weight is 371 g/mol. The number of hydrogen-bond acceptors (Lipinski definition) is 3. The molecule has 1 aliphatic heterocycles. The van der Waals surface area contributed by atoms with Crippen molar-refractivity contribution in [1.82, 2.24) is 10.2 Å². The summed E-state index contributed by atoms with van der Waals surface area (Å²) in [5.41, 5.74) is 1.27. The maximum atomic E-state index is 12.5. The molecule has 2 amide bonds. The average Bonchev–Trinajstić information content (AvgIpc) is 3.23. The van der Waals surface area contributed by atoms with Gasteiger partial charge in [0.2, 0.25) is 5.91 Å². The number of rotatable bonds is 6. The van der Waals surface area contributed by atoms with Crippen molar-refractivity contribution in [1.29, 1.82) is 0 Å². The van der Waals surface area contributed by atoms with Crippen molar-refractivity contribution in [3.05, 3.63) is 58.3 Å². The van der Waals surface area contributed by atoms with Gasteiger partial charge in [-0.25, -0.2) is 0 Å². The Morgan fingerprint density at radius 2 is 1.88 bits per heavy atom. The minimum atomic E-state index is 0.00988. The number of carbonyl (C=O) groups excluding carboxylic acids is 2. The number of nitrogens with one attached hydrogen (secondary N) is 1. The molecule has 2 aromatic rings. The first-order valence-corrected chi connectivity index (χ1v) is 10.2. The number of benzene rings is 1. The summed E-state index contributed by atoms with van der Waals surface area (Å²) in [6, 6.07) is 14.1. The Morgan fingerprint density at radius 1 is 1.15 bits per heavy atom. The second-order valence-electron chi connectivity index (χ2n) is 6.80. The van der Waals surface area contributed by atoms with Gasteiger partial charge in [-0.3, -0.25) is 9.59 Å². The van der Waals surface area contributed by atoms with E-state index in [1.165, 1.54) is 16.9 Å². The molecule has 1 atom stereocenters. The Morgan fingerprint density at radius 3 is 2.50 bits per heavy atom. The van der Waals surface area contributed by atoms with Crippen LogP contribution in [0.2, 0.25) is 0 Å². The van der Waals surface area contributed by atoms with Crippen LogP contribution in [-0.2, 0) is 4.79 Å². The molecule has 1 N–H and O–H groups in total. The highest BCUT2D eigenvalue weighted by molar-refractivity contribution is 7.12. The van der Waals surface area contributed by atoms with Gasteiger partial charge in [-0.15, -0.1) is 11.3 Å². The Bertz CT molecular complexity index is 707. The van der Waals surface area contributed by atoms with Crippen LogP contribution in [0.1, 0.15) is 47.3 Å². The third kappa shape index (κ3) is 4.52. The Kier molecular flexibility index (Phi) is 6.45. The molecule has 0 spiro atoms. The summed E-state index contributed by atoms with van der Waals surface area (Å²) < 4.78 is 0. The number of carbonyl (C=O) groups is 2. The summed E-state index contributed by atoms with van der Waals surface area (Å²) in [5, 5.41) is 5.05. The first-order chi connectivity index (χ1) is 12.7. The third-order valence-corrected chi connectivity index (χ3v) is 6.03. The lowest BCUT2D eigenvalue weighted by Crippen LogP contribution is -2.43. The van der Waals surface area contributed by atoms with E-state index in [1.807, 2.05) is 40.6 Å². The monoisotopic (exact) mass is 370 g/mol. The van der Waals surface area contributed by atoms with Crippen molar-refractivity contribution in [2.24, 2.45) is 5.92 Å². The van der Waals surface area contributed by atoms with E-state index < -0.39 is 0 Å². The van der Waals surface area contributed by atoms with Crippen LogP contribution < -0.4 is 5.32 Å². The fourth-order valence-corrected chi connectivity index (χ4v) is 4.18. The van der Waals surface area contributed by atoms with Gasteiger partial charge in [-0.2, -0.15) is 0 Å². The van der Waals surface area contributed by atoms with Crippen LogP contribution in [-0.4, -0.2) is 36.3 Å². The van der Waals surface area contributed by atoms with Crippen LogP contribution in [0.3, 0.4) is 0 Å². The van der Waals surface area contributed by atoms with Crippen molar-refractivity contribution in [2.75, 3.05) is 19.6 Å².